The Hall–Kier alpha value is -1.67. The molecule has 1 aromatic rings. The van der Waals surface area contributed by atoms with Crippen molar-refractivity contribution < 1.29 is 18.1 Å². The zero-order chi connectivity index (χ0) is 18.1. The van der Waals surface area contributed by atoms with Crippen molar-refractivity contribution in [1.29, 1.82) is 4.78 Å². The van der Waals surface area contributed by atoms with Gasteiger partial charge in [-0.2, -0.15) is 0 Å². The number of carbonyl (C=O) groups is 1. The summed E-state index contributed by atoms with van der Waals surface area (Å²) in [5.41, 5.74) is 0.362. The number of amides is 2. The molecule has 3 rings (SSSR count). The van der Waals surface area contributed by atoms with E-state index in [0.29, 0.717) is 44.0 Å². The Kier molecular flexibility index (Phi) is 5.02. The molecule has 2 fully saturated rings. The van der Waals surface area contributed by atoms with Crippen molar-refractivity contribution in [2.45, 2.75) is 31.4 Å². The third-order valence-corrected chi connectivity index (χ3v) is 6.75. The Morgan fingerprint density at radius 3 is 2.64 bits per heavy atom. The largest absolute Gasteiger partial charge is 0.371 e. The molecule has 1 aromatic carbocycles. The summed E-state index contributed by atoms with van der Waals surface area (Å²) in [6.45, 7) is 3.25. The van der Waals surface area contributed by atoms with E-state index in [1.54, 1.807) is 17.0 Å². The summed E-state index contributed by atoms with van der Waals surface area (Å²) in [5, 5.41) is 2.94. The molecule has 6 nitrogen and oxygen atoms in total. The maximum Gasteiger partial charge on any atom is 0.318 e. The van der Waals surface area contributed by atoms with E-state index in [2.05, 4.69) is 5.32 Å². The van der Waals surface area contributed by atoms with Crippen LogP contribution in [-0.2, 0) is 14.5 Å². The van der Waals surface area contributed by atoms with E-state index >= 15 is 0 Å². The highest BCUT2D eigenvalue weighted by molar-refractivity contribution is 7.92. The number of carbonyl (C=O) groups excluding carboxylic acids is 1. The minimum absolute atomic E-state index is 0.184. The molecule has 2 saturated heterocycles. The molecule has 2 aliphatic heterocycles. The summed E-state index contributed by atoms with van der Waals surface area (Å²) in [6.07, 6.45) is 1.10. The Bertz CT molecular complexity index is 722. The molecule has 0 saturated carbocycles. The first kappa shape index (κ1) is 18.1. The summed E-state index contributed by atoms with van der Waals surface area (Å²) in [4.78, 5) is 14.3. The average molecular weight is 369 g/mol. The molecular formula is C17H24FN3O3S. The number of nitrogens with one attached hydrogen (secondary N) is 2. The molecule has 0 radical (unpaired) electrons. The number of rotatable bonds is 2. The molecule has 2 N–H and O–H groups in total. The molecule has 1 atom stereocenters. The number of hydrogen-bond acceptors (Lipinski definition) is 4. The lowest BCUT2D eigenvalue weighted by atomic mass is 9.94. The van der Waals surface area contributed by atoms with Gasteiger partial charge in [0.05, 0.1) is 24.8 Å². The maximum absolute atomic E-state index is 13.0. The Morgan fingerprint density at radius 2 is 2.00 bits per heavy atom. The monoisotopic (exact) mass is 369 g/mol. The van der Waals surface area contributed by atoms with Gasteiger partial charge in [-0.05, 0) is 37.5 Å². The van der Waals surface area contributed by atoms with Gasteiger partial charge in [-0.15, -0.1) is 0 Å². The molecule has 1 spiro atoms. The predicted molar refractivity (Wildman–Crippen MR) is 93.4 cm³/mol. The first-order chi connectivity index (χ1) is 11.8. The van der Waals surface area contributed by atoms with Gasteiger partial charge in [-0.25, -0.2) is 13.4 Å². The normalized spacial score (nSPS) is 30.9. The summed E-state index contributed by atoms with van der Waals surface area (Å²) in [5.74, 6) is 0.351. The number of halogens is 1. The second-order valence-corrected chi connectivity index (χ2v) is 9.34. The van der Waals surface area contributed by atoms with Crippen LogP contribution in [0.1, 0.15) is 31.4 Å². The number of hydrogen-bond donors (Lipinski definition) is 2. The minimum atomic E-state index is -2.48. The zero-order valence-electron chi connectivity index (χ0n) is 14.3. The smallest absolute Gasteiger partial charge is 0.318 e. The molecule has 2 aliphatic rings. The molecule has 25 heavy (non-hydrogen) atoms. The van der Waals surface area contributed by atoms with Gasteiger partial charge in [0, 0.05) is 27.8 Å². The first-order valence-corrected chi connectivity index (χ1v) is 10.4. The van der Waals surface area contributed by atoms with Crippen LogP contribution in [0.3, 0.4) is 0 Å². The van der Waals surface area contributed by atoms with Crippen molar-refractivity contribution in [2.75, 3.05) is 31.2 Å². The predicted octanol–water partition coefficient (Wildman–Crippen LogP) is 2.51. The third-order valence-electron chi connectivity index (χ3n) is 5.02. The lowest BCUT2D eigenvalue weighted by Crippen LogP contribution is -2.58. The number of ether oxygens (including phenoxy) is 1. The molecule has 0 bridgehead atoms. The van der Waals surface area contributed by atoms with Crippen molar-refractivity contribution in [3.05, 3.63) is 35.6 Å². The number of morpholine rings is 1. The minimum Gasteiger partial charge on any atom is -0.371 e. The van der Waals surface area contributed by atoms with Crippen LogP contribution in [0.2, 0.25) is 0 Å². The van der Waals surface area contributed by atoms with E-state index in [9.17, 15) is 13.4 Å². The van der Waals surface area contributed by atoms with Crippen LogP contribution in [0.25, 0.3) is 0 Å². The molecule has 2 heterocycles. The lowest BCUT2D eigenvalue weighted by molar-refractivity contribution is -0.102. The lowest BCUT2D eigenvalue weighted by Gasteiger charge is -2.45. The van der Waals surface area contributed by atoms with Gasteiger partial charge < -0.3 is 15.0 Å². The van der Waals surface area contributed by atoms with Gasteiger partial charge in [0.15, 0.2) is 0 Å². The molecule has 0 unspecified atom stereocenters. The van der Waals surface area contributed by atoms with Crippen LogP contribution in [0, 0.1) is 10.6 Å². The highest BCUT2D eigenvalue weighted by Crippen LogP contribution is 2.31. The van der Waals surface area contributed by atoms with Crippen molar-refractivity contribution in [3.8, 4) is 0 Å². The van der Waals surface area contributed by atoms with Crippen molar-refractivity contribution >= 4 is 15.8 Å². The number of nitrogens with zero attached hydrogens (tertiary/aromatic N) is 1. The second kappa shape index (κ2) is 6.92. The molecule has 8 heteroatoms. The molecule has 138 valence electrons. The van der Waals surface area contributed by atoms with Crippen molar-refractivity contribution in [2.24, 2.45) is 0 Å². The fourth-order valence-corrected chi connectivity index (χ4v) is 4.97. The van der Waals surface area contributed by atoms with E-state index < -0.39 is 15.3 Å². The van der Waals surface area contributed by atoms with Gasteiger partial charge >= 0.3 is 6.03 Å². The summed E-state index contributed by atoms with van der Waals surface area (Å²) >= 11 is 0. The van der Waals surface area contributed by atoms with Gasteiger partial charge in [0.2, 0.25) is 0 Å². The summed E-state index contributed by atoms with van der Waals surface area (Å²) < 4.78 is 38.5. The van der Waals surface area contributed by atoms with Crippen LogP contribution in [0.4, 0.5) is 9.18 Å². The standard InChI is InChI=1S/C17H24FN3O3S/c1-13(14-2-4-15(18)5-3-14)20-16(22)21-8-9-24-17(12-21)6-10-25(19,23)11-7-17/h2-5,13,19H,6-12H2,1H3,(H,20,22)/t13-,17?,25?/m1/s1. The van der Waals surface area contributed by atoms with Gasteiger partial charge in [0.25, 0.3) is 0 Å². The SMILES string of the molecule is C[C@@H](NC(=O)N1CCOC2(CCS(=N)(=O)CC2)C1)c1ccc(F)cc1. The Labute approximate surface area is 147 Å². The maximum atomic E-state index is 13.0. The van der Waals surface area contributed by atoms with Gasteiger partial charge in [-0.1, -0.05) is 12.1 Å². The fourth-order valence-electron chi connectivity index (χ4n) is 3.36. The molecule has 2 amide bonds. The van der Waals surface area contributed by atoms with Gasteiger partial charge in [0.1, 0.15) is 5.82 Å². The topological polar surface area (TPSA) is 82.5 Å². The summed E-state index contributed by atoms with van der Waals surface area (Å²) in [7, 11) is -2.48. The van der Waals surface area contributed by atoms with E-state index in [1.807, 2.05) is 6.92 Å². The van der Waals surface area contributed by atoms with Crippen LogP contribution < -0.4 is 5.32 Å². The van der Waals surface area contributed by atoms with Crippen molar-refractivity contribution in [1.82, 2.24) is 10.2 Å². The second-order valence-electron chi connectivity index (χ2n) is 6.90. The number of urea groups is 1. The van der Waals surface area contributed by atoms with Crippen LogP contribution in [0.15, 0.2) is 24.3 Å². The Morgan fingerprint density at radius 1 is 1.36 bits per heavy atom. The van der Waals surface area contributed by atoms with Crippen molar-refractivity contribution in [3.63, 3.8) is 0 Å². The number of benzene rings is 1. The first-order valence-electron chi connectivity index (χ1n) is 8.48. The Balaban J connectivity index is 1.61. The fraction of sp³-hybridized carbons (Fsp3) is 0.588. The van der Waals surface area contributed by atoms with Crippen LogP contribution in [-0.4, -0.2) is 51.9 Å². The van der Waals surface area contributed by atoms with E-state index in [-0.39, 0.29) is 17.9 Å². The van der Waals surface area contributed by atoms with Crippen LogP contribution >= 0.6 is 0 Å². The quantitative estimate of drug-likeness (QED) is 0.840. The highest BCUT2D eigenvalue weighted by Gasteiger charge is 2.42. The van der Waals surface area contributed by atoms with Gasteiger partial charge in [-0.3, -0.25) is 4.78 Å². The highest BCUT2D eigenvalue weighted by atomic mass is 32.2. The average Bonchev–Trinajstić information content (AvgIpc) is 2.59. The molecule has 0 aromatic heterocycles. The van der Waals surface area contributed by atoms with Crippen LogP contribution in [0.5, 0.6) is 0 Å². The summed E-state index contributed by atoms with van der Waals surface area (Å²) in [6, 6.07) is 5.66. The molecular weight excluding hydrogens is 345 g/mol. The van der Waals surface area contributed by atoms with E-state index in [0.717, 1.165) is 5.56 Å². The van der Waals surface area contributed by atoms with E-state index in [1.165, 1.54) is 12.1 Å². The third kappa shape index (κ3) is 4.30. The zero-order valence-corrected chi connectivity index (χ0v) is 15.1. The van der Waals surface area contributed by atoms with E-state index in [4.69, 9.17) is 9.52 Å². The molecule has 0 aliphatic carbocycles.